The van der Waals surface area contributed by atoms with Crippen molar-refractivity contribution >= 4 is 5.97 Å². The predicted molar refractivity (Wildman–Crippen MR) is 126 cm³/mol. The van der Waals surface area contributed by atoms with Gasteiger partial charge in [-0.05, 0) is 86.5 Å². The first kappa shape index (κ1) is 25.2. The highest BCUT2D eigenvalue weighted by Crippen LogP contribution is 2.33. The normalized spacial score (nSPS) is 20.8. The van der Waals surface area contributed by atoms with E-state index < -0.39 is 12.1 Å². The maximum atomic E-state index is 10.7. The molecule has 0 aromatic heterocycles. The number of hydrogen-bond donors (Lipinski definition) is 3. The van der Waals surface area contributed by atoms with Crippen LogP contribution in [0.25, 0.3) is 0 Å². The molecule has 0 aliphatic heterocycles. The molecule has 0 spiro atoms. The molecule has 31 heavy (non-hydrogen) atoms. The van der Waals surface area contributed by atoms with Gasteiger partial charge in [-0.3, -0.25) is 4.79 Å². The first-order valence-electron chi connectivity index (χ1n) is 12.0. The Morgan fingerprint density at radius 1 is 1.16 bits per heavy atom. The molecular formula is C27H40O4. The Labute approximate surface area is 187 Å². The lowest BCUT2D eigenvalue weighted by molar-refractivity contribution is -0.137. The molecule has 1 aliphatic carbocycles. The number of phenolic OH excluding ortho intramolecular Hbond substituents is 1. The van der Waals surface area contributed by atoms with E-state index in [2.05, 4.69) is 19.1 Å². The van der Waals surface area contributed by atoms with Gasteiger partial charge in [0.05, 0.1) is 6.10 Å². The number of aliphatic carboxylic acids is 1. The molecule has 0 radical (unpaired) electrons. The first-order valence-corrected chi connectivity index (χ1v) is 12.0. The average molecular weight is 429 g/mol. The van der Waals surface area contributed by atoms with E-state index in [1.54, 1.807) is 12.1 Å². The van der Waals surface area contributed by atoms with Crippen LogP contribution in [0.4, 0.5) is 0 Å². The van der Waals surface area contributed by atoms with Gasteiger partial charge in [-0.1, -0.05) is 56.5 Å². The van der Waals surface area contributed by atoms with Gasteiger partial charge in [0.15, 0.2) is 0 Å². The zero-order valence-electron chi connectivity index (χ0n) is 19.0. The highest BCUT2D eigenvalue weighted by atomic mass is 16.4. The van der Waals surface area contributed by atoms with Crippen LogP contribution in [-0.4, -0.2) is 27.4 Å². The van der Waals surface area contributed by atoms with E-state index in [1.807, 2.05) is 18.2 Å². The third-order valence-electron chi connectivity index (χ3n) is 6.30. The van der Waals surface area contributed by atoms with Crippen molar-refractivity contribution in [3.63, 3.8) is 0 Å². The number of unbranched alkanes of at least 4 members (excludes halogenated alkanes) is 2. The van der Waals surface area contributed by atoms with Crippen LogP contribution in [0, 0.1) is 11.8 Å². The van der Waals surface area contributed by atoms with Gasteiger partial charge in [-0.15, -0.1) is 0 Å². The average Bonchev–Trinajstić information content (AvgIpc) is 2.73. The highest BCUT2D eigenvalue weighted by molar-refractivity contribution is 5.66. The van der Waals surface area contributed by atoms with Gasteiger partial charge in [-0.2, -0.15) is 0 Å². The van der Waals surface area contributed by atoms with E-state index in [4.69, 9.17) is 5.11 Å². The second-order valence-electron chi connectivity index (χ2n) is 9.08. The summed E-state index contributed by atoms with van der Waals surface area (Å²) in [5.74, 6) is 0.749. The molecule has 1 fully saturated rings. The van der Waals surface area contributed by atoms with Crippen molar-refractivity contribution in [1.82, 2.24) is 0 Å². The Morgan fingerprint density at radius 3 is 2.61 bits per heavy atom. The van der Waals surface area contributed by atoms with Crippen molar-refractivity contribution in [1.29, 1.82) is 0 Å². The van der Waals surface area contributed by atoms with E-state index in [0.29, 0.717) is 11.8 Å². The molecule has 0 saturated heterocycles. The molecule has 3 N–H and O–H groups in total. The van der Waals surface area contributed by atoms with Crippen LogP contribution >= 0.6 is 0 Å². The molecular weight excluding hydrogens is 388 g/mol. The molecule has 4 nitrogen and oxygen atoms in total. The van der Waals surface area contributed by atoms with Gasteiger partial charge in [-0.25, -0.2) is 0 Å². The second-order valence-corrected chi connectivity index (χ2v) is 9.08. The highest BCUT2D eigenvalue weighted by Gasteiger charge is 2.20. The lowest BCUT2D eigenvalue weighted by Gasteiger charge is -2.27. The molecule has 1 atom stereocenters. The van der Waals surface area contributed by atoms with Crippen molar-refractivity contribution in [2.75, 3.05) is 0 Å². The third kappa shape index (κ3) is 10.7. The third-order valence-corrected chi connectivity index (χ3v) is 6.30. The molecule has 172 valence electrons. The van der Waals surface area contributed by atoms with Gasteiger partial charge in [0, 0.05) is 6.42 Å². The minimum Gasteiger partial charge on any atom is -0.508 e. The summed E-state index contributed by atoms with van der Waals surface area (Å²) in [6.07, 6.45) is 17.5. The van der Waals surface area contributed by atoms with Crippen LogP contribution in [0.15, 0.2) is 48.1 Å². The zero-order valence-corrected chi connectivity index (χ0v) is 19.0. The largest absolute Gasteiger partial charge is 0.508 e. The smallest absolute Gasteiger partial charge is 0.303 e. The van der Waals surface area contributed by atoms with Gasteiger partial charge in [0.1, 0.15) is 5.75 Å². The summed E-state index contributed by atoms with van der Waals surface area (Å²) in [6, 6.07) is 7.39. The fourth-order valence-electron chi connectivity index (χ4n) is 4.50. The fraction of sp³-hybridized carbons (Fsp3) is 0.593. The molecule has 0 amide bonds. The number of aliphatic hydroxyl groups is 1. The van der Waals surface area contributed by atoms with Crippen molar-refractivity contribution < 1.29 is 20.1 Å². The molecule has 1 unspecified atom stereocenters. The number of benzene rings is 1. The summed E-state index contributed by atoms with van der Waals surface area (Å²) in [7, 11) is 0. The lowest BCUT2D eigenvalue weighted by Crippen LogP contribution is -2.14. The van der Waals surface area contributed by atoms with Crippen LogP contribution < -0.4 is 0 Å². The minimum absolute atomic E-state index is 0.277. The number of carboxylic acid groups (broad SMARTS) is 1. The summed E-state index contributed by atoms with van der Waals surface area (Å²) in [4.78, 5) is 10.7. The summed E-state index contributed by atoms with van der Waals surface area (Å²) in [6.45, 7) is 2.17. The number of aromatic hydroxyl groups is 1. The van der Waals surface area contributed by atoms with E-state index >= 15 is 0 Å². The van der Waals surface area contributed by atoms with Crippen LogP contribution in [0.2, 0.25) is 0 Å². The molecule has 1 saturated carbocycles. The van der Waals surface area contributed by atoms with E-state index in [-0.39, 0.29) is 12.2 Å². The standard InChI is InChI=1S/C27H40O4/c1-2-3-4-9-25(28)17-16-24(19-23-8-5-10-26(29)20-23)18-22-14-12-21(13-15-22)7-6-11-27(30)31/h5,8,10,16-18,20-22,25,28-29H,2-4,6-7,9,11-15,19H2,1H3,(H,30,31). The van der Waals surface area contributed by atoms with Gasteiger partial charge < -0.3 is 15.3 Å². The Balaban J connectivity index is 1.97. The molecule has 2 rings (SSSR count). The molecule has 1 aliphatic rings. The topological polar surface area (TPSA) is 77.8 Å². The SMILES string of the molecule is CCCCCC(O)C=CC(=CC1CCC(CCCC(=O)O)CC1)Cc1cccc(O)c1. The lowest BCUT2D eigenvalue weighted by atomic mass is 9.79. The molecule has 0 heterocycles. The summed E-state index contributed by atoms with van der Waals surface area (Å²) < 4.78 is 0. The number of phenols is 1. The first-order chi connectivity index (χ1) is 15.0. The van der Waals surface area contributed by atoms with Crippen molar-refractivity contribution in [3.05, 3.63) is 53.6 Å². The summed E-state index contributed by atoms with van der Waals surface area (Å²) >= 11 is 0. The maximum Gasteiger partial charge on any atom is 0.303 e. The molecule has 1 aromatic rings. The monoisotopic (exact) mass is 428 g/mol. The molecule has 4 heteroatoms. The van der Waals surface area contributed by atoms with Gasteiger partial charge in [0.25, 0.3) is 0 Å². The zero-order chi connectivity index (χ0) is 22.5. The fourth-order valence-corrected chi connectivity index (χ4v) is 4.50. The van der Waals surface area contributed by atoms with Crippen LogP contribution in [0.3, 0.4) is 0 Å². The quantitative estimate of drug-likeness (QED) is 0.250. The Kier molecular flexibility index (Phi) is 11.4. The van der Waals surface area contributed by atoms with Crippen molar-refractivity contribution in [2.24, 2.45) is 11.8 Å². The van der Waals surface area contributed by atoms with Crippen molar-refractivity contribution in [2.45, 2.75) is 90.1 Å². The van der Waals surface area contributed by atoms with Crippen LogP contribution in [-0.2, 0) is 11.2 Å². The maximum absolute atomic E-state index is 10.7. The molecule has 1 aromatic carbocycles. The number of allylic oxidation sites excluding steroid dienone is 3. The van der Waals surface area contributed by atoms with E-state index in [1.165, 1.54) is 5.57 Å². The molecule has 0 bridgehead atoms. The van der Waals surface area contributed by atoms with E-state index in [9.17, 15) is 15.0 Å². The Morgan fingerprint density at radius 2 is 1.94 bits per heavy atom. The Hall–Kier alpha value is -2.07. The summed E-state index contributed by atoms with van der Waals surface area (Å²) in [5, 5.41) is 28.9. The van der Waals surface area contributed by atoms with Crippen LogP contribution in [0.5, 0.6) is 5.75 Å². The number of hydrogen-bond acceptors (Lipinski definition) is 3. The van der Waals surface area contributed by atoms with Crippen molar-refractivity contribution in [3.8, 4) is 5.75 Å². The van der Waals surface area contributed by atoms with Gasteiger partial charge in [0.2, 0.25) is 0 Å². The van der Waals surface area contributed by atoms with Crippen LogP contribution in [0.1, 0.15) is 83.1 Å². The second kappa shape index (κ2) is 14.1. The number of aliphatic hydroxyl groups excluding tert-OH is 1. The Bertz CT molecular complexity index is 714. The predicted octanol–water partition coefficient (Wildman–Crippen LogP) is 6.42. The number of carboxylic acids is 1. The number of carbonyl (C=O) groups is 1. The minimum atomic E-state index is -0.697. The number of rotatable bonds is 13. The summed E-state index contributed by atoms with van der Waals surface area (Å²) in [5.41, 5.74) is 2.26. The van der Waals surface area contributed by atoms with Gasteiger partial charge >= 0.3 is 5.97 Å². The van der Waals surface area contributed by atoms with E-state index in [0.717, 1.165) is 76.2 Å².